The van der Waals surface area contributed by atoms with Crippen molar-refractivity contribution in [1.29, 1.82) is 0 Å². The first-order valence-corrected chi connectivity index (χ1v) is 4.02. The van der Waals surface area contributed by atoms with Gasteiger partial charge >= 0.3 is 0 Å². The topological polar surface area (TPSA) is 20.2 Å². The van der Waals surface area contributed by atoms with Crippen LogP contribution in [-0.2, 0) is 0 Å². The van der Waals surface area contributed by atoms with Crippen molar-refractivity contribution in [1.82, 2.24) is 0 Å². The Morgan fingerprint density at radius 2 is 2.55 bits per heavy atom. The molecule has 0 heterocycles. The zero-order valence-electron chi connectivity index (χ0n) is 8.22. The molecule has 1 aliphatic rings. The third kappa shape index (κ3) is 1.93. The maximum absolute atomic E-state index is 9.55. The number of aliphatic hydroxyl groups is 1. The first kappa shape index (κ1) is 7.11. The summed E-state index contributed by atoms with van der Waals surface area (Å²) in [7, 11) is 0. The molecule has 0 unspecified atom stereocenters. The number of aliphatic hydroxyl groups excluding tert-OH is 1. The van der Waals surface area contributed by atoms with Crippen molar-refractivity contribution in [3.63, 3.8) is 0 Å². The zero-order chi connectivity index (χ0) is 9.30. The Bertz CT molecular complexity index is 230. The van der Waals surface area contributed by atoms with Crippen molar-refractivity contribution in [2.75, 3.05) is 0 Å². The van der Waals surface area contributed by atoms with Gasteiger partial charge in [-0.2, -0.15) is 0 Å². The fraction of sp³-hybridized carbons (Fsp3) is 0.600. The molecule has 0 bridgehead atoms. The molecule has 1 N–H and O–H groups in total. The summed E-state index contributed by atoms with van der Waals surface area (Å²) in [6, 6.07) is 0.585. The summed E-state index contributed by atoms with van der Waals surface area (Å²) in [6.45, 7) is 7.65. The molecule has 0 aromatic heterocycles. The van der Waals surface area contributed by atoms with Gasteiger partial charge in [0.05, 0.1) is 7.47 Å². The second-order valence-corrected chi connectivity index (χ2v) is 3.36. The van der Waals surface area contributed by atoms with Gasteiger partial charge in [0.2, 0.25) is 0 Å². The van der Waals surface area contributed by atoms with Gasteiger partial charge in [-0.3, -0.25) is 0 Å². The lowest BCUT2D eigenvalue weighted by molar-refractivity contribution is 0.174. The fourth-order valence-electron chi connectivity index (χ4n) is 1.31. The van der Waals surface area contributed by atoms with Crippen molar-refractivity contribution in [3.8, 4) is 0 Å². The van der Waals surface area contributed by atoms with Crippen molar-refractivity contribution >= 4 is 0 Å². The molecular formula is C10H16O. The quantitative estimate of drug-likeness (QED) is 0.573. The highest BCUT2D eigenvalue weighted by Crippen LogP contribution is 2.27. The number of rotatable bonds is 1. The Labute approximate surface area is 69.8 Å². The fourth-order valence-corrected chi connectivity index (χ4v) is 1.31. The molecule has 0 radical (unpaired) electrons. The van der Waals surface area contributed by atoms with Crippen molar-refractivity contribution in [2.45, 2.75) is 32.8 Å². The molecule has 2 atom stereocenters. The van der Waals surface area contributed by atoms with Gasteiger partial charge in [-0.1, -0.05) is 18.2 Å². The van der Waals surface area contributed by atoms with E-state index in [1.165, 1.54) is 0 Å². The molecule has 62 valence electrons. The first-order chi connectivity index (χ1) is 5.52. The molecule has 0 saturated carbocycles. The van der Waals surface area contributed by atoms with Gasteiger partial charge in [0.25, 0.3) is 0 Å². The van der Waals surface area contributed by atoms with Crippen LogP contribution in [0.25, 0.3) is 0 Å². The van der Waals surface area contributed by atoms with E-state index in [1.54, 1.807) is 0 Å². The van der Waals surface area contributed by atoms with E-state index >= 15 is 0 Å². The molecule has 11 heavy (non-hydrogen) atoms. The van der Waals surface area contributed by atoms with E-state index < -0.39 is 6.10 Å². The summed E-state index contributed by atoms with van der Waals surface area (Å²) >= 11 is 0. The molecule has 0 spiro atoms. The van der Waals surface area contributed by atoms with Crippen LogP contribution in [-0.4, -0.2) is 11.2 Å². The van der Waals surface area contributed by atoms with Crippen LogP contribution in [0.2, 0.25) is 0 Å². The third-order valence-corrected chi connectivity index (χ3v) is 2.33. The molecule has 0 aromatic rings. The van der Waals surface area contributed by atoms with Crippen LogP contribution in [0.15, 0.2) is 23.8 Å². The predicted molar refractivity (Wildman–Crippen MR) is 47.3 cm³/mol. The van der Waals surface area contributed by atoms with Gasteiger partial charge in [-0.15, -0.1) is 0 Å². The minimum atomic E-state index is -0.423. The van der Waals surface area contributed by atoms with E-state index in [9.17, 15) is 5.11 Å². The highest BCUT2D eigenvalue weighted by atomic mass is 16.3. The van der Waals surface area contributed by atoms with E-state index in [0.717, 1.165) is 24.0 Å². The molecule has 0 saturated heterocycles. The van der Waals surface area contributed by atoms with E-state index in [0.29, 0.717) is 12.0 Å². The van der Waals surface area contributed by atoms with Crippen LogP contribution in [0.5, 0.6) is 0 Å². The van der Waals surface area contributed by atoms with Crippen LogP contribution in [0.3, 0.4) is 0 Å². The minimum Gasteiger partial charge on any atom is -0.389 e. The molecule has 0 aromatic carbocycles. The lowest BCUT2D eigenvalue weighted by Gasteiger charge is -2.24. The Hall–Kier alpha value is -0.560. The number of hydrogen-bond acceptors (Lipinski definition) is 1. The van der Waals surface area contributed by atoms with Gasteiger partial charge in [-0.25, -0.2) is 0 Å². The summed E-state index contributed by atoms with van der Waals surface area (Å²) in [6.07, 6.45) is 1.06. The Kier molecular flexibility index (Phi) is 2.08. The van der Waals surface area contributed by atoms with Crippen LogP contribution in [0, 0.1) is 5.92 Å². The van der Waals surface area contributed by atoms with Crippen LogP contribution in [0.4, 0.5) is 0 Å². The van der Waals surface area contributed by atoms with Crippen LogP contribution >= 0.6 is 0 Å². The second kappa shape index (κ2) is 3.22. The van der Waals surface area contributed by atoms with E-state index in [-0.39, 0.29) is 0 Å². The van der Waals surface area contributed by atoms with E-state index in [2.05, 4.69) is 6.58 Å². The molecule has 1 heteroatoms. The van der Waals surface area contributed by atoms with Crippen molar-refractivity contribution in [2.24, 2.45) is 5.92 Å². The van der Waals surface area contributed by atoms with Crippen molar-refractivity contribution < 1.29 is 6.48 Å². The molecule has 1 aliphatic carbocycles. The second-order valence-electron chi connectivity index (χ2n) is 3.36. The van der Waals surface area contributed by atoms with Crippen molar-refractivity contribution in [3.05, 3.63) is 23.8 Å². The monoisotopic (exact) mass is 153 g/mol. The highest BCUT2D eigenvalue weighted by Gasteiger charge is 2.19. The maximum Gasteiger partial charge on any atom is 0.0753 e. The Balaban J connectivity index is 2.78. The molecule has 0 aliphatic heterocycles. The minimum absolute atomic E-state index is 0.302. The zero-order valence-corrected chi connectivity index (χ0v) is 7.22. The SMILES string of the molecule is [2H]C1=C(C)[C@@H](O)C[C@H](C(=C)C)C1. The molecule has 0 amide bonds. The van der Waals surface area contributed by atoms with E-state index in [4.69, 9.17) is 1.37 Å². The maximum atomic E-state index is 9.55. The predicted octanol–water partition coefficient (Wildman–Crippen LogP) is 2.28. The lowest BCUT2D eigenvalue weighted by Crippen LogP contribution is -2.19. The third-order valence-electron chi connectivity index (χ3n) is 2.33. The van der Waals surface area contributed by atoms with Crippen LogP contribution in [0.1, 0.15) is 28.1 Å². The summed E-state index contributed by atoms with van der Waals surface area (Å²) in [5.74, 6) is 0.302. The average Bonchev–Trinajstić information content (AvgIpc) is 1.99. The molecule has 1 nitrogen and oxygen atoms in total. The number of hydrogen-bond donors (Lipinski definition) is 1. The van der Waals surface area contributed by atoms with E-state index in [1.807, 2.05) is 13.8 Å². The van der Waals surface area contributed by atoms with Gasteiger partial charge in [0, 0.05) is 0 Å². The average molecular weight is 153 g/mol. The summed E-state index contributed by atoms with van der Waals surface area (Å²) in [5, 5.41) is 9.55. The molecular weight excluding hydrogens is 136 g/mol. The first-order valence-electron chi connectivity index (χ1n) is 4.52. The normalized spacial score (nSPS) is 33.5. The summed E-state index contributed by atoms with van der Waals surface area (Å²) in [5.41, 5.74) is 1.90. The van der Waals surface area contributed by atoms with Gasteiger partial charge in [0.1, 0.15) is 0 Å². The highest BCUT2D eigenvalue weighted by molar-refractivity contribution is 5.14. The van der Waals surface area contributed by atoms with Gasteiger partial charge < -0.3 is 5.11 Å². The Morgan fingerprint density at radius 1 is 1.91 bits per heavy atom. The smallest absolute Gasteiger partial charge is 0.0753 e. The van der Waals surface area contributed by atoms with Gasteiger partial charge in [0.15, 0.2) is 0 Å². The number of allylic oxidation sites excluding steroid dienone is 2. The molecule has 0 fully saturated rings. The van der Waals surface area contributed by atoms with Crippen LogP contribution < -0.4 is 0 Å². The Morgan fingerprint density at radius 3 is 3.00 bits per heavy atom. The standard InChI is InChI=1S/C10H16O/c1-7(2)9-5-4-8(3)10(11)6-9/h4,9-11H,1,5-6H2,2-3H3/t9-,10+/m1/s1/i4D. The summed E-state index contributed by atoms with van der Waals surface area (Å²) < 4.78 is 7.61. The largest absolute Gasteiger partial charge is 0.389 e. The molecule has 1 rings (SSSR count). The lowest BCUT2D eigenvalue weighted by atomic mass is 9.84. The summed E-state index contributed by atoms with van der Waals surface area (Å²) in [4.78, 5) is 0. The van der Waals surface area contributed by atoms with Gasteiger partial charge in [-0.05, 0) is 38.2 Å².